The topological polar surface area (TPSA) is 192 Å². The number of carbonyl (C=O) groups is 1. The van der Waals surface area contributed by atoms with E-state index in [2.05, 4.69) is 62.5 Å². The van der Waals surface area contributed by atoms with Crippen LogP contribution in [-0.2, 0) is 27.9 Å². The van der Waals surface area contributed by atoms with Crippen LogP contribution in [0.4, 0.5) is 0 Å². The molecule has 1 aliphatic carbocycles. The van der Waals surface area contributed by atoms with Gasteiger partial charge in [0.2, 0.25) is 0 Å². The molecule has 6 N–H and O–H groups in total. The first-order chi connectivity index (χ1) is 32.0. The molecule has 0 aliphatic heterocycles. The Morgan fingerprint density at radius 2 is 0.848 bits per heavy atom. The second-order valence-electron chi connectivity index (χ2n) is 18.4. The maximum atomic E-state index is 12.9. The third-order valence-corrected chi connectivity index (χ3v) is 13.2. The van der Waals surface area contributed by atoms with Crippen molar-refractivity contribution in [1.29, 1.82) is 0 Å². The normalized spacial score (nSPS) is 21.8. The van der Waals surface area contributed by atoms with Crippen molar-refractivity contribution in [2.45, 2.75) is 262 Å². The number of rotatable bonds is 45. The van der Waals surface area contributed by atoms with E-state index in [1.807, 2.05) is 0 Å². The Bertz CT molecular complexity index is 1270. The molecule has 0 aromatic heterocycles. The molecule has 1 aliphatic rings. The van der Waals surface area contributed by atoms with Gasteiger partial charge in [-0.05, 0) is 77.0 Å². The van der Waals surface area contributed by atoms with Gasteiger partial charge in [-0.3, -0.25) is 13.8 Å². The number of phosphoric acid groups is 1. The van der Waals surface area contributed by atoms with Crippen molar-refractivity contribution in [3.05, 3.63) is 48.6 Å². The fraction of sp³-hybridized carbons (Fsp3) is 0.830. The van der Waals surface area contributed by atoms with Gasteiger partial charge in [-0.25, -0.2) is 4.57 Å². The zero-order valence-corrected chi connectivity index (χ0v) is 42.4. The highest BCUT2D eigenvalue weighted by Crippen LogP contribution is 2.47. The number of unbranched alkanes of at least 4 members (excludes halogenated alkanes) is 25. The summed E-state index contributed by atoms with van der Waals surface area (Å²) in [5.74, 6) is -0.489. The minimum absolute atomic E-state index is 0.0831. The van der Waals surface area contributed by atoms with Crippen molar-refractivity contribution >= 4 is 13.8 Å². The lowest BCUT2D eigenvalue weighted by molar-refractivity contribution is -0.220. The van der Waals surface area contributed by atoms with E-state index in [0.717, 1.165) is 70.6 Å². The maximum Gasteiger partial charge on any atom is 0.472 e. The predicted molar refractivity (Wildman–Crippen MR) is 267 cm³/mol. The van der Waals surface area contributed by atoms with E-state index in [1.54, 1.807) is 0 Å². The number of carbonyl (C=O) groups excluding carboxylic acids is 1. The van der Waals surface area contributed by atoms with Gasteiger partial charge in [-0.2, -0.15) is 0 Å². The average molecular weight is 957 g/mol. The number of hydrogen-bond acceptors (Lipinski definition) is 11. The average Bonchev–Trinajstić information content (AvgIpc) is 3.30. The molecule has 1 rings (SSSR count). The molecule has 0 saturated heterocycles. The Labute approximate surface area is 401 Å². The van der Waals surface area contributed by atoms with E-state index in [1.165, 1.54) is 122 Å². The van der Waals surface area contributed by atoms with Crippen molar-refractivity contribution in [2.24, 2.45) is 0 Å². The maximum absolute atomic E-state index is 12.9. The molecule has 0 spiro atoms. The van der Waals surface area contributed by atoms with Gasteiger partial charge in [0, 0.05) is 13.0 Å². The monoisotopic (exact) mass is 957 g/mol. The highest BCUT2D eigenvalue weighted by Gasteiger charge is 2.51. The lowest BCUT2D eigenvalue weighted by Gasteiger charge is -2.41. The van der Waals surface area contributed by atoms with Crippen LogP contribution in [0.5, 0.6) is 0 Å². The highest BCUT2D eigenvalue weighted by molar-refractivity contribution is 7.47. The first kappa shape index (κ1) is 62.3. The number of allylic oxidation sites excluding steroid dienone is 8. The second-order valence-corrected chi connectivity index (χ2v) is 19.8. The number of hydrogen-bond donors (Lipinski definition) is 6. The SMILES string of the molecule is CCCCC/C=C\C/C=C\C/C=C\CCCCCCCCC(=O)OC(COCCCCCCCCCCCC/C=C\CCCCCCCC)COP(=O)(O)OC1C(O)C(O)C(O)C(O)C1O. The summed E-state index contributed by atoms with van der Waals surface area (Å²) in [6.07, 6.45) is 41.7. The van der Waals surface area contributed by atoms with Crippen molar-refractivity contribution in [3.8, 4) is 0 Å². The first-order valence-corrected chi connectivity index (χ1v) is 28.0. The summed E-state index contributed by atoms with van der Waals surface area (Å²) >= 11 is 0. The van der Waals surface area contributed by atoms with Crippen LogP contribution in [0.3, 0.4) is 0 Å². The fourth-order valence-corrected chi connectivity index (χ4v) is 8.92. The van der Waals surface area contributed by atoms with Crippen LogP contribution in [0, 0.1) is 0 Å². The van der Waals surface area contributed by atoms with Crippen LogP contribution < -0.4 is 0 Å². The van der Waals surface area contributed by atoms with Crippen LogP contribution in [0.1, 0.15) is 219 Å². The molecule has 6 unspecified atom stereocenters. The Hall–Kier alpha value is -1.70. The van der Waals surface area contributed by atoms with Gasteiger partial charge in [0.05, 0.1) is 13.2 Å². The number of esters is 1. The molecule has 0 bridgehead atoms. The zero-order valence-electron chi connectivity index (χ0n) is 41.5. The molecule has 6 atom stereocenters. The fourth-order valence-electron chi connectivity index (χ4n) is 7.95. The Balaban J connectivity index is 2.34. The Morgan fingerprint density at radius 1 is 0.485 bits per heavy atom. The summed E-state index contributed by atoms with van der Waals surface area (Å²) in [7, 11) is -5.03. The number of aliphatic hydroxyl groups is 5. The van der Waals surface area contributed by atoms with Crippen LogP contribution in [0.25, 0.3) is 0 Å². The van der Waals surface area contributed by atoms with Crippen LogP contribution >= 0.6 is 7.82 Å². The van der Waals surface area contributed by atoms with Gasteiger partial charge >= 0.3 is 13.8 Å². The Morgan fingerprint density at radius 3 is 1.33 bits per heavy atom. The van der Waals surface area contributed by atoms with E-state index in [0.29, 0.717) is 13.0 Å². The lowest BCUT2D eigenvalue weighted by Crippen LogP contribution is -2.64. The summed E-state index contributed by atoms with van der Waals surface area (Å²) in [6.45, 7) is 4.23. The van der Waals surface area contributed by atoms with E-state index >= 15 is 0 Å². The van der Waals surface area contributed by atoms with E-state index in [-0.39, 0.29) is 13.0 Å². The molecule has 386 valence electrons. The number of aliphatic hydroxyl groups excluding tert-OH is 5. The molecule has 0 aromatic rings. The molecule has 1 saturated carbocycles. The molecule has 1 fully saturated rings. The Kier molecular flexibility index (Phi) is 40.9. The molecule has 0 aromatic carbocycles. The summed E-state index contributed by atoms with van der Waals surface area (Å²) < 4.78 is 34.3. The predicted octanol–water partition coefficient (Wildman–Crippen LogP) is 12.0. The van der Waals surface area contributed by atoms with Gasteiger partial charge in [0.1, 0.15) is 42.7 Å². The van der Waals surface area contributed by atoms with Gasteiger partial charge in [0.15, 0.2) is 0 Å². The van der Waals surface area contributed by atoms with E-state index in [4.69, 9.17) is 18.5 Å². The van der Waals surface area contributed by atoms with Gasteiger partial charge in [0.25, 0.3) is 0 Å². The van der Waals surface area contributed by atoms with Gasteiger partial charge < -0.3 is 39.9 Å². The quantitative estimate of drug-likeness (QED) is 0.0147. The zero-order chi connectivity index (χ0) is 48.4. The van der Waals surface area contributed by atoms with Crippen LogP contribution in [0.2, 0.25) is 0 Å². The number of phosphoric ester groups is 1. The minimum atomic E-state index is -5.03. The van der Waals surface area contributed by atoms with Crippen molar-refractivity contribution in [3.63, 3.8) is 0 Å². The van der Waals surface area contributed by atoms with Crippen molar-refractivity contribution in [1.82, 2.24) is 0 Å². The van der Waals surface area contributed by atoms with Crippen molar-refractivity contribution < 1.29 is 58.3 Å². The third kappa shape index (κ3) is 34.6. The number of ether oxygens (including phenoxy) is 2. The standard InChI is InChI=1S/C53H97O12P/c1-3-5-7-9-11-13-15-17-19-21-23-25-27-29-31-33-35-37-39-41-43-62-44-46(45-63-66(60,61)65-53-51(58)49(56)48(55)50(57)52(53)59)64-47(54)42-40-38-36-34-32-30-28-26-24-22-20-18-16-14-12-10-8-6-4-2/h12,14,17-20,24,26,46,48-53,55-59H,3-11,13,15-16,21-23,25,27-45H2,1-2H3,(H,60,61)/b14-12-,19-17-,20-18-,26-24-. The molecule has 0 radical (unpaired) electrons. The van der Waals surface area contributed by atoms with Crippen LogP contribution in [-0.4, -0.2) is 98.9 Å². The molecular weight excluding hydrogens is 860 g/mol. The van der Waals surface area contributed by atoms with E-state index < -0.39 is 63.1 Å². The molecular formula is C53H97O12P. The van der Waals surface area contributed by atoms with Gasteiger partial charge in [-0.15, -0.1) is 0 Å². The summed E-state index contributed by atoms with van der Waals surface area (Å²) in [4.78, 5) is 23.3. The highest BCUT2D eigenvalue weighted by atomic mass is 31.2. The second kappa shape index (κ2) is 43.3. The van der Waals surface area contributed by atoms with Crippen LogP contribution in [0.15, 0.2) is 48.6 Å². The van der Waals surface area contributed by atoms with E-state index in [9.17, 15) is 39.8 Å². The van der Waals surface area contributed by atoms with Gasteiger partial charge in [-0.1, -0.05) is 184 Å². The molecule has 12 nitrogen and oxygen atoms in total. The summed E-state index contributed by atoms with van der Waals surface area (Å²) in [6, 6.07) is 0. The summed E-state index contributed by atoms with van der Waals surface area (Å²) in [5.41, 5.74) is 0. The van der Waals surface area contributed by atoms with Crippen molar-refractivity contribution in [2.75, 3.05) is 19.8 Å². The summed E-state index contributed by atoms with van der Waals surface area (Å²) in [5, 5.41) is 50.3. The smallest absolute Gasteiger partial charge is 0.457 e. The molecule has 66 heavy (non-hydrogen) atoms. The first-order valence-electron chi connectivity index (χ1n) is 26.5. The minimum Gasteiger partial charge on any atom is -0.457 e. The molecule has 0 heterocycles. The third-order valence-electron chi connectivity index (χ3n) is 12.2. The largest absolute Gasteiger partial charge is 0.472 e. The molecule has 13 heteroatoms. The molecule has 0 amide bonds. The lowest BCUT2D eigenvalue weighted by atomic mass is 9.85.